The van der Waals surface area contributed by atoms with E-state index in [9.17, 15) is 0 Å². The highest BCUT2D eigenvalue weighted by Gasteiger charge is 2.18. The number of hydrogen-bond acceptors (Lipinski definition) is 7. The number of rotatable bonds is 7. The molecular formula is C24H26ClN7O. The molecule has 1 aliphatic rings. The Bertz CT molecular complexity index is 1220. The van der Waals surface area contributed by atoms with E-state index in [2.05, 4.69) is 43.3 Å². The summed E-state index contributed by atoms with van der Waals surface area (Å²) < 4.78 is 7.67. The summed E-state index contributed by atoms with van der Waals surface area (Å²) in [6, 6.07) is 7.73. The van der Waals surface area contributed by atoms with Crippen molar-refractivity contribution < 1.29 is 4.74 Å². The molecule has 1 fully saturated rings. The van der Waals surface area contributed by atoms with Gasteiger partial charge in [0.2, 0.25) is 0 Å². The number of aromatic nitrogens is 5. The van der Waals surface area contributed by atoms with E-state index in [-0.39, 0.29) is 0 Å². The van der Waals surface area contributed by atoms with E-state index < -0.39 is 0 Å². The summed E-state index contributed by atoms with van der Waals surface area (Å²) in [5.74, 6) is 2.15. The average molecular weight is 464 g/mol. The van der Waals surface area contributed by atoms with Crippen LogP contribution in [0.5, 0.6) is 5.75 Å². The second kappa shape index (κ2) is 9.72. The van der Waals surface area contributed by atoms with Gasteiger partial charge in [-0.25, -0.2) is 9.50 Å². The lowest BCUT2D eigenvalue weighted by atomic mass is 9.99. The first-order valence-corrected chi connectivity index (χ1v) is 11.5. The molecule has 0 radical (unpaired) electrons. The fraction of sp³-hybridized carbons (Fsp3) is 0.333. The molecule has 1 saturated heterocycles. The molecule has 4 aromatic rings. The topological polar surface area (TPSA) is 80.5 Å². The first-order valence-electron chi connectivity index (χ1n) is 11.1. The Kier molecular flexibility index (Phi) is 6.37. The van der Waals surface area contributed by atoms with E-state index in [4.69, 9.17) is 16.3 Å². The van der Waals surface area contributed by atoms with E-state index >= 15 is 0 Å². The molecule has 1 N–H and O–H groups in total. The molecule has 0 saturated carbocycles. The monoisotopic (exact) mass is 463 g/mol. The molecule has 0 atom stereocenters. The van der Waals surface area contributed by atoms with Crippen molar-refractivity contribution >= 4 is 28.6 Å². The molecule has 1 aliphatic heterocycles. The van der Waals surface area contributed by atoms with E-state index in [0.717, 1.165) is 48.3 Å². The van der Waals surface area contributed by atoms with Crippen LogP contribution in [-0.4, -0.2) is 42.6 Å². The minimum atomic E-state index is 0.301. The number of nitrogens with one attached hydrogen (secondary N) is 1. The molecule has 8 nitrogen and oxygen atoms in total. The number of hydrogen-bond donors (Lipinski definition) is 1. The molecule has 0 aliphatic carbocycles. The maximum Gasteiger partial charge on any atom is 0.158 e. The van der Waals surface area contributed by atoms with Crippen molar-refractivity contribution in [1.29, 1.82) is 0 Å². The quantitative estimate of drug-likeness (QED) is 0.424. The number of benzene rings is 1. The number of likely N-dealkylation sites (tertiary alicyclic amines) is 1. The highest BCUT2D eigenvalue weighted by atomic mass is 35.5. The Morgan fingerprint density at radius 3 is 2.82 bits per heavy atom. The van der Waals surface area contributed by atoms with Gasteiger partial charge in [0.1, 0.15) is 24.2 Å². The lowest BCUT2D eigenvalue weighted by molar-refractivity contribution is 0.186. The van der Waals surface area contributed by atoms with Crippen molar-refractivity contribution in [3.8, 4) is 5.75 Å². The first kappa shape index (κ1) is 21.6. The highest BCUT2D eigenvalue weighted by molar-refractivity contribution is 6.32. The van der Waals surface area contributed by atoms with Crippen molar-refractivity contribution in [3.63, 3.8) is 0 Å². The van der Waals surface area contributed by atoms with Crippen molar-refractivity contribution in [2.24, 2.45) is 5.92 Å². The van der Waals surface area contributed by atoms with Gasteiger partial charge in [0.15, 0.2) is 5.82 Å². The van der Waals surface area contributed by atoms with Crippen LogP contribution in [0.2, 0.25) is 5.02 Å². The van der Waals surface area contributed by atoms with E-state index in [1.807, 2.05) is 28.9 Å². The Morgan fingerprint density at radius 1 is 1.15 bits per heavy atom. The van der Waals surface area contributed by atoms with E-state index in [0.29, 0.717) is 17.4 Å². The zero-order valence-corrected chi connectivity index (χ0v) is 19.2. The number of halogens is 1. The Balaban J connectivity index is 1.32. The predicted octanol–water partition coefficient (Wildman–Crippen LogP) is 4.73. The second-order valence-electron chi connectivity index (χ2n) is 8.46. The van der Waals surface area contributed by atoms with Crippen molar-refractivity contribution in [2.45, 2.75) is 32.9 Å². The number of fused-ring (bicyclic) bond motifs is 1. The minimum absolute atomic E-state index is 0.301. The van der Waals surface area contributed by atoms with Gasteiger partial charge in [-0.05, 0) is 61.7 Å². The summed E-state index contributed by atoms with van der Waals surface area (Å²) >= 11 is 6.49. The molecule has 9 heteroatoms. The molecule has 33 heavy (non-hydrogen) atoms. The van der Waals surface area contributed by atoms with Gasteiger partial charge in [0, 0.05) is 30.8 Å². The maximum atomic E-state index is 6.49. The standard InChI is InChI=1S/C24H26ClN7O/c1-17-4-9-31(10-5-17)14-18-6-11-32-23(18)24(28-16-29-32)30-19-2-3-22(21(25)12-19)33-15-20-13-26-7-8-27-20/h2-3,6-8,11-13,16-17H,4-5,9-10,14-15H2,1H3,(H,28,29,30). The Hall–Kier alpha value is -3.23. The third kappa shape index (κ3) is 5.07. The third-order valence-electron chi connectivity index (χ3n) is 5.99. The average Bonchev–Trinajstić information content (AvgIpc) is 3.24. The van der Waals surface area contributed by atoms with Crippen LogP contribution in [0.25, 0.3) is 5.52 Å². The van der Waals surface area contributed by atoms with Crippen LogP contribution in [0.3, 0.4) is 0 Å². The van der Waals surface area contributed by atoms with Crippen molar-refractivity contribution in [1.82, 2.24) is 29.5 Å². The zero-order chi connectivity index (χ0) is 22.6. The summed E-state index contributed by atoms with van der Waals surface area (Å²) in [7, 11) is 0. The van der Waals surface area contributed by atoms with Crippen LogP contribution >= 0.6 is 11.6 Å². The largest absolute Gasteiger partial charge is 0.486 e. The first-order chi connectivity index (χ1) is 16.2. The van der Waals surface area contributed by atoms with Gasteiger partial charge in [0.25, 0.3) is 0 Å². The van der Waals surface area contributed by atoms with Gasteiger partial charge in [-0.1, -0.05) is 18.5 Å². The normalized spacial score (nSPS) is 15.1. The summed E-state index contributed by atoms with van der Waals surface area (Å²) in [6.07, 6.45) is 11.0. The van der Waals surface area contributed by atoms with Gasteiger partial charge >= 0.3 is 0 Å². The molecule has 170 valence electrons. The Labute approximate surface area is 197 Å². The number of anilines is 2. The van der Waals surface area contributed by atoms with Crippen molar-refractivity contribution in [2.75, 3.05) is 18.4 Å². The summed E-state index contributed by atoms with van der Waals surface area (Å²) in [5, 5.41) is 8.30. The molecule has 1 aromatic carbocycles. The van der Waals surface area contributed by atoms with E-state index in [1.54, 1.807) is 24.9 Å². The molecule has 0 unspecified atom stereocenters. The smallest absolute Gasteiger partial charge is 0.158 e. The fourth-order valence-corrected chi connectivity index (χ4v) is 4.32. The van der Waals surface area contributed by atoms with Crippen molar-refractivity contribution in [3.05, 3.63) is 71.7 Å². The van der Waals surface area contributed by atoms with Crippen LogP contribution < -0.4 is 10.1 Å². The van der Waals surface area contributed by atoms with E-state index in [1.165, 1.54) is 18.4 Å². The third-order valence-corrected chi connectivity index (χ3v) is 6.29. The number of ether oxygens (including phenoxy) is 1. The van der Waals surface area contributed by atoms with Crippen LogP contribution in [-0.2, 0) is 13.2 Å². The van der Waals surface area contributed by atoms with Crippen LogP contribution in [0, 0.1) is 5.92 Å². The van der Waals surface area contributed by atoms with Gasteiger partial charge in [-0.2, -0.15) is 5.10 Å². The Morgan fingerprint density at radius 2 is 2.03 bits per heavy atom. The molecule has 0 bridgehead atoms. The SMILES string of the molecule is CC1CCN(Cc2ccn3ncnc(Nc4ccc(OCc5cnccn5)c(Cl)c4)c23)CC1. The molecule has 3 aromatic heterocycles. The second-order valence-corrected chi connectivity index (χ2v) is 8.86. The van der Waals surface area contributed by atoms with Gasteiger partial charge in [-0.15, -0.1) is 0 Å². The van der Waals surface area contributed by atoms with Crippen LogP contribution in [0.4, 0.5) is 11.5 Å². The number of nitrogens with zero attached hydrogens (tertiary/aromatic N) is 6. The molecule has 4 heterocycles. The number of piperidine rings is 1. The zero-order valence-electron chi connectivity index (χ0n) is 18.5. The minimum Gasteiger partial charge on any atom is -0.486 e. The molecular weight excluding hydrogens is 438 g/mol. The van der Waals surface area contributed by atoms with Gasteiger partial charge in [0.05, 0.1) is 16.9 Å². The summed E-state index contributed by atoms with van der Waals surface area (Å²) in [6.45, 7) is 5.77. The highest BCUT2D eigenvalue weighted by Crippen LogP contribution is 2.31. The van der Waals surface area contributed by atoms with Crippen LogP contribution in [0.15, 0.2) is 55.4 Å². The van der Waals surface area contributed by atoms with Gasteiger partial charge in [-0.3, -0.25) is 14.9 Å². The molecule has 5 rings (SSSR count). The summed E-state index contributed by atoms with van der Waals surface area (Å²) in [5.41, 5.74) is 3.76. The molecule has 0 amide bonds. The lowest BCUT2D eigenvalue weighted by Gasteiger charge is -2.30. The van der Waals surface area contributed by atoms with Crippen LogP contribution in [0.1, 0.15) is 31.0 Å². The fourth-order valence-electron chi connectivity index (χ4n) is 4.09. The van der Waals surface area contributed by atoms with Gasteiger partial charge < -0.3 is 10.1 Å². The lowest BCUT2D eigenvalue weighted by Crippen LogP contribution is -2.32. The summed E-state index contributed by atoms with van der Waals surface area (Å²) in [4.78, 5) is 15.3. The molecule has 0 spiro atoms. The maximum absolute atomic E-state index is 6.49. The predicted molar refractivity (Wildman–Crippen MR) is 128 cm³/mol.